The Kier molecular flexibility index (Phi) is 10.1. The number of para-hydroxylation sites is 1. The highest BCUT2D eigenvalue weighted by molar-refractivity contribution is 5.93. The molecule has 2 aliphatic rings. The Morgan fingerprint density at radius 3 is 1.96 bits per heavy atom. The maximum atomic E-state index is 13.5. The van der Waals surface area contributed by atoms with E-state index in [1.54, 1.807) is 47.4 Å². The number of hydrogen-bond acceptors (Lipinski definition) is 9. The third-order valence-corrected chi connectivity index (χ3v) is 10.4. The maximum absolute atomic E-state index is 13.5. The minimum Gasteiger partial charge on any atom is -0.480 e. The van der Waals surface area contributed by atoms with Crippen molar-refractivity contribution in [2.45, 2.75) is 65.0 Å². The van der Waals surface area contributed by atoms with Crippen molar-refractivity contribution >= 4 is 33.9 Å². The van der Waals surface area contributed by atoms with Crippen molar-refractivity contribution in [3.8, 4) is 45.5 Å². The Balaban J connectivity index is 1.15. The number of nitrogens with zero attached hydrogens (tertiary/aromatic N) is 5. The van der Waals surface area contributed by atoms with Crippen LogP contribution in [0.2, 0.25) is 0 Å². The summed E-state index contributed by atoms with van der Waals surface area (Å²) in [5, 5.41) is 9.66. The first-order chi connectivity index (χ1) is 27.1. The molecule has 2 aliphatic heterocycles. The monoisotopic (exact) mass is 769 g/mol. The lowest BCUT2D eigenvalue weighted by atomic mass is 9.93. The average Bonchev–Trinajstić information content (AvgIpc) is 3.99. The largest absolute Gasteiger partial charge is 0.480 e. The van der Waals surface area contributed by atoms with Crippen molar-refractivity contribution in [1.29, 1.82) is 0 Å². The number of rotatable bonds is 12. The number of fused-ring (bicyclic) bond motifs is 2. The molecule has 2 aromatic heterocycles. The Hall–Kier alpha value is -5.98. The second-order valence-electron chi connectivity index (χ2n) is 13.9. The molecule has 1 unspecified atom stereocenters. The van der Waals surface area contributed by atoms with E-state index < -0.39 is 25.2 Å². The second-order valence-corrected chi connectivity index (χ2v) is 13.9. The lowest BCUT2D eigenvalue weighted by molar-refractivity contribution is -0.142. The van der Waals surface area contributed by atoms with Crippen LogP contribution in [0, 0.1) is 13.5 Å². The lowest BCUT2D eigenvalue weighted by Gasteiger charge is -2.22. The number of carboxylic acids is 1. The van der Waals surface area contributed by atoms with Gasteiger partial charge in [-0.05, 0) is 87.1 Å². The quantitative estimate of drug-likeness (QED) is 0.0952. The van der Waals surface area contributed by atoms with Crippen LogP contribution in [0.15, 0.2) is 69.5 Å². The van der Waals surface area contributed by atoms with E-state index in [-0.39, 0.29) is 46.7 Å². The summed E-state index contributed by atoms with van der Waals surface area (Å²) in [6, 6.07) is 16.0. The molecule has 8 rings (SSSR count). The van der Waals surface area contributed by atoms with Crippen molar-refractivity contribution in [3.05, 3.63) is 88.8 Å². The predicted octanol–water partition coefficient (Wildman–Crippen LogP) is 9.68. The Morgan fingerprint density at radius 2 is 1.38 bits per heavy atom. The number of carbonyl (C=O) groups is 1. The third-order valence-electron chi connectivity index (χ3n) is 10.4. The molecule has 6 aromatic rings. The fraction of sp³-hybridized carbons (Fsp3) is 0.317. The van der Waals surface area contributed by atoms with E-state index in [2.05, 4.69) is 14.7 Å². The number of halogens is 4. The summed E-state index contributed by atoms with van der Waals surface area (Å²) in [6.07, 6.45) is 3.19. The van der Waals surface area contributed by atoms with Crippen LogP contribution in [0.3, 0.4) is 0 Å². The van der Waals surface area contributed by atoms with E-state index in [9.17, 15) is 27.5 Å². The molecular weight excluding hydrogens is 734 g/mol. The SMILES string of the molecule is [C-]#[N+]c1c(-c2nc3cc(CN4CCCC4)c(OC(F)F)cc3o2)cccc1-c1cccc(-c2nc3cc(CN4CCCC4C(=O)O)c(OC(F)F)cc3o2)c1C. The minimum atomic E-state index is -3.11. The summed E-state index contributed by atoms with van der Waals surface area (Å²) < 4.78 is 75.8. The molecular formula is C41H35F4N5O6. The van der Waals surface area contributed by atoms with Gasteiger partial charge in [0.25, 0.3) is 0 Å². The highest BCUT2D eigenvalue weighted by Gasteiger charge is 2.32. The molecule has 0 amide bonds. The van der Waals surface area contributed by atoms with Gasteiger partial charge < -0.3 is 23.4 Å². The molecule has 0 saturated carbocycles. The predicted molar refractivity (Wildman–Crippen MR) is 198 cm³/mol. The highest BCUT2D eigenvalue weighted by atomic mass is 19.3. The summed E-state index contributed by atoms with van der Waals surface area (Å²) >= 11 is 0. The van der Waals surface area contributed by atoms with E-state index in [0.717, 1.165) is 25.9 Å². The molecule has 1 N–H and O–H groups in total. The molecule has 56 heavy (non-hydrogen) atoms. The smallest absolute Gasteiger partial charge is 0.387 e. The fourth-order valence-corrected chi connectivity index (χ4v) is 7.79. The number of ether oxygens (including phenoxy) is 2. The summed E-state index contributed by atoms with van der Waals surface area (Å²) in [7, 11) is 0. The molecule has 2 fully saturated rings. The average molecular weight is 770 g/mol. The van der Waals surface area contributed by atoms with Crippen LogP contribution in [-0.4, -0.2) is 69.7 Å². The molecule has 0 spiro atoms. The van der Waals surface area contributed by atoms with E-state index in [1.165, 1.54) is 12.1 Å². The summed E-state index contributed by atoms with van der Waals surface area (Å²) in [5.41, 5.74) is 5.38. The lowest BCUT2D eigenvalue weighted by Crippen LogP contribution is -2.35. The number of hydrogen-bond donors (Lipinski definition) is 1. The van der Waals surface area contributed by atoms with Gasteiger partial charge in [0.15, 0.2) is 11.2 Å². The van der Waals surface area contributed by atoms with Gasteiger partial charge in [-0.2, -0.15) is 17.6 Å². The molecule has 1 atom stereocenters. The zero-order valence-corrected chi connectivity index (χ0v) is 30.1. The molecule has 0 radical (unpaired) electrons. The second kappa shape index (κ2) is 15.3. The standard InChI is InChI=1S/C41H35F4N5O6/c1-22-25(8-5-9-26(22)37-47-30-17-24(21-50-15-7-12-31(50)39(51)52)33(56-41(44)45)19-34(30)53-37)27-10-6-11-28(36(27)46-2)38-48-29-16-23(20-49-13-3-4-14-49)32(55-40(42)43)18-35(29)54-38/h5-6,8-11,16-19,31,40-41H,3-4,7,12-15,20-21H2,1H3,(H,51,52). The number of aliphatic carboxylic acids is 1. The molecule has 0 bridgehead atoms. The first-order valence-corrected chi connectivity index (χ1v) is 18.1. The van der Waals surface area contributed by atoms with E-state index >= 15 is 0 Å². The van der Waals surface area contributed by atoms with Gasteiger partial charge in [-0.3, -0.25) is 14.6 Å². The van der Waals surface area contributed by atoms with Gasteiger partial charge in [0.05, 0.1) is 6.57 Å². The molecule has 15 heteroatoms. The molecule has 4 heterocycles. The van der Waals surface area contributed by atoms with E-state index in [0.29, 0.717) is 75.9 Å². The van der Waals surface area contributed by atoms with Crippen LogP contribution in [-0.2, 0) is 17.9 Å². The van der Waals surface area contributed by atoms with Gasteiger partial charge in [0.1, 0.15) is 28.6 Å². The van der Waals surface area contributed by atoms with Crippen molar-refractivity contribution in [2.24, 2.45) is 0 Å². The van der Waals surface area contributed by atoms with Crippen molar-refractivity contribution in [1.82, 2.24) is 19.8 Å². The van der Waals surface area contributed by atoms with Crippen LogP contribution in [0.4, 0.5) is 23.2 Å². The van der Waals surface area contributed by atoms with Gasteiger partial charge in [0.2, 0.25) is 17.5 Å². The summed E-state index contributed by atoms with van der Waals surface area (Å²) in [4.78, 5) is 28.9. The Morgan fingerprint density at radius 1 is 0.821 bits per heavy atom. The zero-order chi connectivity index (χ0) is 39.1. The third kappa shape index (κ3) is 7.25. The number of aromatic nitrogens is 2. The number of alkyl halides is 4. The van der Waals surface area contributed by atoms with Crippen LogP contribution in [0.1, 0.15) is 42.4 Å². The van der Waals surface area contributed by atoms with E-state index in [1.807, 2.05) is 13.0 Å². The van der Waals surface area contributed by atoms with E-state index in [4.69, 9.17) is 29.9 Å². The van der Waals surface area contributed by atoms with Crippen LogP contribution in [0.5, 0.6) is 11.5 Å². The normalized spacial score (nSPS) is 16.4. The molecule has 2 saturated heterocycles. The fourth-order valence-electron chi connectivity index (χ4n) is 7.79. The molecule has 0 aliphatic carbocycles. The Bertz CT molecular complexity index is 2490. The highest BCUT2D eigenvalue weighted by Crippen LogP contribution is 2.44. The first-order valence-electron chi connectivity index (χ1n) is 18.1. The number of carboxylic acid groups (broad SMARTS) is 1. The first kappa shape index (κ1) is 37.0. The summed E-state index contributed by atoms with van der Waals surface area (Å²) in [5.74, 6) is -0.744. The zero-order valence-electron chi connectivity index (χ0n) is 30.1. The van der Waals surface area contributed by atoms with Crippen LogP contribution >= 0.6 is 0 Å². The van der Waals surface area contributed by atoms with Crippen molar-refractivity contribution in [3.63, 3.8) is 0 Å². The molecule has 11 nitrogen and oxygen atoms in total. The molecule has 4 aromatic carbocycles. The number of benzene rings is 4. The minimum absolute atomic E-state index is 0.0142. The number of oxazole rings is 2. The van der Waals surface area contributed by atoms with Crippen LogP contribution < -0.4 is 9.47 Å². The van der Waals surface area contributed by atoms with Crippen LogP contribution in [0.25, 0.3) is 61.1 Å². The van der Waals surface area contributed by atoms with Gasteiger partial charge in [-0.1, -0.05) is 30.3 Å². The maximum Gasteiger partial charge on any atom is 0.387 e. The van der Waals surface area contributed by atoms with Gasteiger partial charge >= 0.3 is 19.2 Å². The van der Waals surface area contributed by atoms with Crippen molar-refractivity contribution in [2.75, 3.05) is 19.6 Å². The topological polar surface area (TPSA) is 119 Å². The van der Waals surface area contributed by atoms with Crippen molar-refractivity contribution < 1.29 is 45.8 Å². The number of likely N-dealkylation sites (tertiary alicyclic amines) is 2. The Labute approximate surface area is 317 Å². The van der Waals surface area contributed by atoms with Gasteiger partial charge in [-0.25, -0.2) is 14.8 Å². The van der Waals surface area contributed by atoms with Gasteiger partial charge in [0, 0.05) is 47.5 Å². The molecule has 288 valence electrons. The summed E-state index contributed by atoms with van der Waals surface area (Å²) in [6.45, 7) is 6.64. The van der Waals surface area contributed by atoms with Gasteiger partial charge in [-0.15, -0.1) is 0 Å².